The quantitative estimate of drug-likeness (QED) is 0.771. The Morgan fingerprint density at radius 2 is 1.78 bits per heavy atom. The lowest BCUT2D eigenvalue weighted by atomic mass is 10.1. The average molecular weight is 256 g/mol. The number of hydrogen-bond acceptors (Lipinski definition) is 3. The predicted molar refractivity (Wildman–Crippen MR) is 62.0 cm³/mol. The van der Waals surface area contributed by atoms with Crippen molar-refractivity contribution in [2.24, 2.45) is 5.73 Å². The molecule has 0 aliphatic rings. The molecule has 0 saturated carbocycles. The molecular formula is C12H14F2N2O2. The zero-order valence-electron chi connectivity index (χ0n) is 9.95. The van der Waals surface area contributed by atoms with Gasteiger partial charge in [-0.15, -0.1) is 0 Å². The number of hydrogen-bond donors (Lipinski definition) is 1. The summed E-state index contributed by atoms with van der Waals surface area (Å²) in [4.78, 5) is 23.9. The third-order valence-corrected chi connectivity index (χ3v) is 2.44. The van der Waals surface area contributed by atoms with Crippen molar-refractivity contribution < 1.29 is 18.4 Å². The summed E-state index contributed by atoms with van der Waals surface area (Å²) in [6, 6.07) is 3.21. The highest BCUT2D eigenvalue weighted by atomic mass is 19.1. The van der Waals surface area contributed by atoms with Crippen LogP contribution in [0.3, 0.4) is 0 Å². The molecule has 0 aliphatic heterocycles. The molecule has 0 fully saturated rings. The van der Waals surface area contributed by atoms with Crippen LogP contribution in [0.1, 0.15) is 17.3 Å². The number of carbonyl (C=O) groups excluding carboxylic acids is 2. The fourth-order valence-corrected chi connectivity index (χ4v) is 1.55. The van der Waals surface area contributed by atoms with E-state index in [1.165, 1.54) is 11.0 Å². The average Bonchev–Trinajstić information content (AvgIpc) is 2.27. The van der Waals surface area contributed by atoms with E-state index in [9.17, 15) is 18.4 Å². The molecule has 1 aromatic carbocycles. The second kappa shape index (κ2) is 6.20. The Balaban J connectivity index is 2.84. The second-order valence-corrected chi connectivity index (χ2v) is 3.79. The molecule has 98 valence electrons. The topological polar surface area (TPSA) is 63.4 Å². The molecule has 1 amide bonds. The highest BCUT2D eigenvalue weighted by Crippen LogP contribution is 2.13. The maximum Gasteiger partial charge on any atom is 0.231 e. The van der Waals surface area contributed by atoms with Crippen LogP contribution in [0, 0.1) is 11.6 Å². The van der Waals surface area contributed by atoms with Gasteiger partial charge in [-0.3, -0.25) is 14.5 Å². The van der Waals surface area contributed by atoms with Gasteiger partial charge in [0, 0.05) is 0 Å². The Morgan fingerprint density at radius 3 is 2.22 bits per heavy atom. The van der Waals surface area contributed by atoms with E-state index in [2.05, 4.69) is 0 Å². The van der Waals surface area contributed by atoms with Crippen LogP contribution in [0.2, 0.25) is 0 Å². The number of Topliss-reactive ketones (excluding diaryl/α,β-unsaturated/α-hetero) is 1. The zero-order chi connectivity index (χ0) is 13.7. The summed E-state index contributed by atoms with van der Waals surface area (Å²) in [6.07, 6.45) is 0. The zero-order valence-corrected chi connectivity index (χ0v) is 9.95. The Bertz CT molecular complexity index is 443. The third-order valence-electron chi connectivity index (χ3n) is 2.44. The smallest absolute Gasteiger partial charge is 0.231 e. The lowest BCUT2D eigenvalue weighted by Crippen LogP contribution is -2.37. The van der Waals surface area contributed by atoms with Crippen LogP contribution in [-0.4, -0.2) is 36.2 Å². The van der Waals surface area contributed by atoms with Crippen LogP contribution in [0.15, 0.2) is 18.2 Å². The number of halogens is 2. The van der Waals surface area contributed by atoms with Gasteiger partial charge in [-0.2, -0.15) is 0 Å². The molecule has 0 atom stereocenters. The molecule has 0 aliphatic carbocycles. The van der Waals surface area contributed by atoms with E-state index in [-0.39, 0.29) is 13.1 Å². The molecule has 0 radical (unpaired) electrons. The Morgan fingerprint density at radius 1 is 1.22 bits per heavy atom. The number of primary amides is 1. The van der Waals surface area contributed by atoms with E-state index in [1.54, 1.807) is 6.92 Å². The number of benzene rings is 1. The van der Waals surface area contributed by atoms with Crippen LogP contribution in [0.4, 0.5) is 8.78 Å². The highest BCUT2D eigenvalue weighted by molar-refractivity contribution is 5.98. The van der Waals surface area contributed by atoms with Gasteiger partial charge in [0.1, 0.15) is 11.6 Å². The first-order valence-corrected chi connectivity index (χ1v) is 5.43. The third kappa shape index (κ3) is 3.59. The molecule has 0 saturated heterocycles. The summed E-state index contributed by atoms with van der Waals surface area (Å²) in [5, 5.41) is 0. The molecule has 1 aromatic rings. The summed E-state index contributed by atoms with van der Waals surface area (Å²) in [5.74, 6) is -3.13. The van der Waals surface area contributed by atoms with Gasteiger partial charge in [-0.25, -0.2) is 8.78 Å². The van der Waals surface area contributed by atoms with Crippen LogP contribution >= 0.6 is 0 Å². The molecule has 0 spiro atoms. The highest BCUT2D eigenvalue weighted by Gasteiger charge is 2.19. The first kappa shape index (κ1) is 14.2. The van der Waals surface area contributed by atoms with Crippen molar-refractivity contribution in [3.05, 3.63) is 35.4 Å². The fourth-order valence-electron chi connectivity index (χ4n) is 1.55. The summed E-state index contributed by atoms with van der Waals surface area (Å²) >= 11 is 0. The SMILES string of the molecule is CCN(CC(N)=O)CC(=O)c1c(F)cccc1F. The Kier molecular flexibility index (Phi) is 4.91. The normalized spacial score (nSPS) is 10.7. The molecule has 0 aromatic heterocycles. The summed E-state index contributed by atoms with van der Waals surface area (Å²) < 4.78 is 26.7. The first-order valence-electron chi connectivity index (χ1n) is 5.43. The molecular weight excluding hydrogens is 242 g/mol. The van der Waals surface area contributed by atoms with Crippen LogP contribution in [-0.2, 0) is 4.79 Å². The minimum Gasteiger partial charge on any atom is -0.369 e. The van der Waals surface area contributed by atoms with Gasteiger partial charge in [0.05, 0.1) is 18.7 Å². The number of carbonyl (C=O) groups is 2. The number of nitrogens with two attached hydrogens (primary N) is 1. The minimum atomic E-state index is -0.907. The van der Waals surface area contributed by atoms with Crippen molar-refractivity contribution in [2.45, 2.75) is 6.92 Å². The molecule has 18 heavy (non-hydrogen) atoms. The monoisotopic (exact) mass is 256 g/mol. The number of rotatable bonds is 6. The van der Waals surface area contributed by atoms with E-state index >= 15 is 0 Å². The van der Waals surface area contributed by atoms with Gasteiger partial charge >= 0.3 is 0 Å². The van der Waals surface area contributed by atoms with E-state index in [1.807, 2.05) is 0 Å². The standard InChI is InChI=1S/C12H14F2N2O2/c1-2-16(7-11(15)18)6-10(17)12-8(13)4-3-5-9(12)14/h3-5H,2,6-7H2,1H3,(H2,15,18). The van der Waals surface area contributed by atoms with Crippen molar-refractivity contribution in [3.63, 3.8) is 0 Å². The Hall–Kier alpha value is -1.82. The lowest BCUT2D eigenvalue weighted by molar-refractivity contribution is -0.118. The first-order chi connectivity index (χ1) is 8.45. The van der Waals surface area contributed by atoms with Crippen molar-refractivity contribution in [1.82, 2.24) is 4.90 Å². The molecule has 2 N–H and O–H groups in total. The largest absolute Gasteiger partial charge is 0.369 e. The fraction of sp³-hybridized carbons (Fsp3) is 0.333. The molecule has 0 bridgehead atoms. The van der Waals surface area contributed by atoms with Crippen molar-refractivity contribution >= 4 is 11.7 Å². The number of likely N-dealkylation sites (N-methyl/N-ethyl adjacent to an activating group) is 1. The van der Waals surface area contributed by atoms with E-state index in [4.69, 9.17) is 5.73 Å². The predicted octanol–water partition coefficient (Wildman–Crippen LogP) is 0.955. The van der Waals surface area contributed by atoms with Gasteiger partial charge < -0.3 is 5.73 Å². The minimum absolute atomic E-state index is 0.127. The van der Waals surface area contributed by atoms with Crippen LogP contribution in [0.25, 0.3) is 0 Å². The van der Waals surface area contributed by atoms with Crippen molar-refractivity contribution in [3.8, 4) is 0 Å². The van der Waals surface area contributed by atoms with E-state index < -0.39 is 28.9 Å². The second-order valence-electron chi connectivity index (χ2n) is 3.79. The lowest BCUT2D eigenvalue weighted by Gasteiger charge is -2.17. The summed E-state index contributed by atoms with van der Waals surface area (Å²) in [6.45, 7) is 1.72. The molecule has 1 rings (SSSR count). The van der Waals surface area contributed by atoms with Gasteiger partial charge in [-0.1, -0.05) is 13.0 Å². The molecule has 0 unspecified atom stereocenters. The number of ketones is 1. The Labute approximate surface area is 103 Å². The summed E-state index contributed by atoms with van der Waals surface area (Å²) in [5.41, 5.74) is 4.42. The van der Waals surface area contributed by atoms with Gasteiger partial charge in [0.15, 0.2) is 5.78 Å². The summed E-state index contributed by atoms with van der Waals surface area (Å²) in [7, 11) is 0. The van der Waals surface area contributed by atoms with Crippen LogP contribution < -0.4 is 5.73 Å². The van der Waals surface area contributed by atoms with E-state index in [0.717, 1.165) is 12.1 Å². The van der Waals surface area contributed by atoms with Gasteiger partial charge in [-0.05, 0) is 18.7 Å². The van der Waals surface area contributed by atoms with Gasteiger partial charge in [0.25, 0.3) is 0 Å². The maximum atomic E-state index is 13.3. The van der Waals surface area contributed by atoms with Crippen LogP contribution in [0.5, 0.6) is 0 Å². The van der Waals surface area contributed by atoms with E-state index in [0.29, 0.717) is 6.54 Å². The van der Waals surface area contributed by atoms with Crippen molar-refractivity contribution in [2.75, 3.05) is 19.6 Å². The number of nitrogens with zero attached hydrogens (tertiary/aromatic N) is 1. The maximum absolute atomic E-state index is 13.3. The van der Waals surface area contributed by atoms with Gasteiger partial charge in [0.2, 0.25) is 5.91 Å². The molecule has 6 heteroatoms. The molecule has 0 heterocycles. The van der Waals surface area contributed by atoms with Crippen molar-refractivity contribution in [1.29, 1.82) is 0 Å². The number of amides is 1. The molecule has 4 nitrogen and oxygen atoms in total.